The van der Waals surface area contributed by atoms with E-state index in [1.807, 2.05) is 23.1 Å². The summed E-state index contributed by atoms with van der Waals surface area (Å²) < 4.78 is 19.6. The van der Waals surface area contributed by atoms with Gasteiger partial charge in [0.1, 0.15) is 11.6 Å². The molecule has 25 heavy (non-hydrogen) atoms. The molecule has 1 fully saturated rings. The van der Waals surface area contributed by atoms with Crippen molar-refractivity contribution in [2.75, 3.05) is 38.2 Å². The number of ketones is 1. The summed E-state index contributed by atoms with van der Waals surface area (Å²) in [4.78, 5) is 15.7. The smallest absolute Gasteiger partial charge is 0.159 e. The van der Waals surface area contributed by atoms with E-state index < -0.39 is 0 Å². The molecule has 0 atom stereocenters. The summed E-state index contributed by atoms with van der Waals surface area (Å²) in [5, 5.41) is 0. The van der Waals surface area contributed by atoms with Crippen LogP contribution in [0.25, 0.3) is 0 Å². The highest BCUT2D eigenvalue weighted by atomic mass is 19.1. The van der Waals surface area contributed by atoms with Crippen molar-refractivity contribution in [3.8, 4) is 5.75 Å². The number of halogens is 1. The van der Waals surface area contributed by atoms with E-state index in [0.717, 1.165) is 38.5 Å². The zero-order chi connectivity index (χ0) is 17.8. The molecule has 0 aliphatic carbocycles. The largest absolute Gasteiger partial charge is 0.497 e. The van der Waals surface area contributed by atoms with E-state index in [0.29, 0.717) is 11.3 Å². The monoisotopic (exact) mass is 342 g/mol. The Bertz CT molecular complexity index is 755. The van der Waals surface area contributed by atoms with Crippen molar-refractivity contribution < 1.29 is 13.9 Å². The van der Waals surface area contributed by atoms with Gasteiger partial charge in [0.15, 0.2) is 5.78 Å². The van der Waals surface area contributed by atoms with Crippen molar-refractivity contribution in [1.82, 2.24) is 4.90 Å². The van der Waals surface area contributed by atoms with Gasteiger partial charge in [-0.15, -0.1) is 0 Å². The second-order valence-electron chi connectivity index (χ2n) is 6.34. The minimum absolute atomic E-state index is 0.117. The summed E-state index contributed by atoms with van der Waals surface area (Å²) in [5.74, 6) is 0.422. The molecular formula is C20H23FN2O2. The van der Waals surface area contributed by atoms with Crippen molar-refractivity contribution in [3.63, 3.8) is 0 Å². The van der Waals surface area contributed by atoms with Crippen LogP contribution in [0.5, 0.6) is 5.75 Å². The lowest BCUT2D eigenvalue weighted by atomic mass is 10.1. The van der Waals surface area contributed by atoms with Crippen LogP contribution in [0, 0.1) is 5.82 Å². The average Bonchev–Trinajstić information content (AvgIpc) is 2.62. The molecule has 1 aliphatic rings. The van der Waals surface area contributed by atoms with E-state index in [2.05, 4.69) is 11.0 Å². The molecule has 1 aliphatic heterocycles. The molecule has 132 valence electrons. The molecule has 3 rings (SSSR count). The highest BCUT2D eigenvalue weighted by molar-refractivity contribution is 5.94. The molecule has 1 saturated heterocycles. The first kappa shape index (κ1) is 17.4. The molecule has 2 aromatic carbocycles. The van der Waals surface area contributed by atoms with E-state index in [1.165, 1.54) is 18.6 Å². The summed E-state index contributed by atoms with van der Waals surface area (Å²) in [6, 6.07) is 12.8. The Kier molecular flexibility index (Phi) is 5.34. The third kappa shape index (κ3) is 4.17. The molecule has 5 heteroatoms. The molecular weight excluding hydrogens is 319 g/mol. The number of carbonyl (C=O) groups is 1. The van der Waals surface area contributed by atoms with E-state index in [4.69, 9.17) is 4.74 Å². The zero-order valence-corrected chi connectivity index (χ0v) is 14.7. The highest BCUT2D eigenvalue weighted by Crippen LogP contribution is 2.23. The van der Waals surface area contributed by atoms with Crippen LogP contribution in [-0.4, -0.2) is 44.0 Å². The number of nitrogens with zero attached hydrogens (tertiary/aromatic N) is 2. The van der Waals surface area contributed by atoms with Crippen molar-refractivity contribution in [2.24, 2.45) is 0 Å². The second kappa shape index (κ2) is 7.66. The van der Waals surface area contributed by atoms with Gasteiger partial charge in [0.2, 0.25) is 0 Å². The van der Waals surface area contributed by atoms with Crippen molar-refractivity contribution in [1.29, 1.82) is 0 Å². The van der Waals surface area contributed by atoms with Gasteiger partial charge >= 0.3 is 0 Å². The Hall–Kier alpha value is -2.40. The van der Waals surface area contributed by atoms with Gasteiger partial charge < -0.3 is 9.64 Å². The highest BCUT2D eigenvalue weighted by Gasteiger charge is 2.20. The minimum atomic E-state index is -0.325. The number of hydrogen-bond donors (Lipinski definition) is 0. The molecule has 0 bridgehead atoms. The van der Waals surface area contributed by atoms with Gasteiger partial charge in [0, 0.05) is 38.3 Å². The van der Waals surface area contributed by atoms with Crippen molar-refractivity contribution in [2.45, 2.75) is 13.5 Å². The first-order valence-electron chi connectivity index (χ1n) is 8.47. The molecule has 0 amide bonds. The Labute approximate surface area is 147 Å². The van der Waals surface area contributed by atoms with Crippen LogP contribution < -0.4 is 9.64 Å². The number of benzene rings is 2. The molecule has 1 heterocycles. The van der Waals surface area contributed by atoms with E-state index in [9.17, 15) is 9.18 Å². The van der Waals surface area contributed by atoms with E-state index >= 15 is 0 Å². The molecule has 0 spiro atoms. The number of anilines is 1. The molecule has 4 nitrogen and oxygen atoms in total. The van der Waals surface area contributed by atoms with Crippen LogP contribution in [0.2, 0.25) is 0 Å². The van der Waals surface area contributed by atoms with Gasteiger partial charge in [0.25, 0.3) is 0 Å². The number of hydrogen-bond acceptors (Lipinski definition) is 4. The van der Waals surface area contributed by atoms with Crippen molar-refractivity contribution in [3.05, 3.63) is 59.4 Å². The van der Waals surface area contributed by atoms with Gasteiger partial charge in [0.05, 0.1) is 12.8 Å². The van der Waals surface area contributed by atoms with Crippen LogP contribution >= 0.6 is 0 Å². The van der Waals surface area contributed by atoms with E-state index in [1.54, 1.807) is 19.2 Å². The van der Waals surface area contributed by atoms with E-state index in [-0.39, 0.29) is 11.6 Å². The summed E-state index contributed by atoms with van der Waals surface area (Å²) in [6.45, 7) is 5.57. The fraction of sp³-hybridized carbons (Fsp3) is 0.350. The van der Waals surface area contributed by atoms with Gasteiger partial charge in [-0.1, -0.05) is 12.1 Å². The van der Waals surface area contributed by atoms with Gasteiger partial charge in [-0.25, -0.2) is 4.39 Å². The topological polar surface area (TPSA) is 32.8 Å². The zero-order valence-electron chi connectivity index (χ0n) is 14.7. The fourth-order valence-electron chi connectivity index (χ4n) is 3.16. The Morgan fingerprint density at radius 1 is 1.12 bits per heavy atom. The third-order valence-corrected chi connectivity index (χ3v) is 4.61. The van der Waals surface area contributed by atoms with Crippen LogP contribution in [0.1, 0.15) is 22.8 Å². The summed E-state index contributed by atoms with van der Waals surface area (Å²) in [6.07, 6.45) is 0. The second-order valence-corrected chi connectivity index (χ2v) is 6.34. The summed E-state index contributed by atoms with van der Waals surface area (Å²) in [5.41, 5.74) is 2.20. The van der Waals surface area contributed by atoms with Crippen LogP contribution in [0.15, 0.2) is 42.5 Å². The number of ether oxygens (including phenoxy) is 1. The maximum atomic E-state index is 14.3. The minimum Gasteiger partial charge on any atom is -0.497 e. The molecule has 0 N–H and O–H groups in total. The Morgan fingerprint density at radius 3 is 2.52 bits per heavy atom. The first-order chi connectivity index (χ1) is 12.1. The Morgan fingerprint density at radius 2 is 1.88 bits per heavy atom. The number of piperazine rings is 1. The molecule has 0 aromatic heterocycles. The van der Waals surface area contributed by atoms with Gasteiger partial charge in [-0.3, -0.25) is 9.69 Å². The maximum absolute atomic E-state index is 14.3. The predicted octanol–water partition coefficient (Wildman–Crippen LogP) is 3.36. The molecule has 2 aromatic rings. The third-order valence-electron chi connectivity index (χ3n) is 4.61. The van der Waals surface area contributed by atoms with Gasteiger partial charge in [-0.05, 0) is 42.8 Å². The predicted molar refractivity (Wildman–Crippen MR) is 96.9 cm³/mol. The lowest BCUT2D eigenvalue weighted by Gasteiger charge is -2.36. The lowest BCUT2D eigenvalue weighted by Crippen LogP contribution is -2.46. The van der Waals surface area contributed by atoms with Crippen molar-refractivity contribution >= 4 is 11.5 Å². The van der Waals surface area contributed by atoms with Crippen LogP contribution in [0.4, 0.5) is 10.1 Å². The maximum Gasteiger partial charge on any atom is 0.159 e. The first-order valence-corrected chi connectivity index (χ1v) is 8.47. The Balaban J connectivity index is 1.61. The lowest BCUT2D eigenvalue weighted by molar-refractivity contribution is 0.101. The normalized spacial score (nSPS) is 15.2. The SMILES string of the molecule is COc1cccc(CN2CCN(c3ccc(C(C)=O)cc3F)CC2)c1. The number of Topliss-reactive ketones (excluding diaryl/α,β-unsaturated/α-hetero) is 1. The van der Waals surface area contributed by atoms with Crippen LogP contribution in [-0.2, 0) is 6.54 Å². The van der Waals surface area contributed by atoms with Crippen LogP contribution in [0.3, 0.4) is 0 Å². The standard InChI is InChI=1S/C20H23FN2O2/c1-15(24)17-6-7-20(19(21)13-17)23-10-8-22(9-11-23)14-16-4-3-5-18(12-16)25-2/h3-7,12-13H,8-11,14H2,1-2H3. The number of rotatable bonds is 5. The molecule has 0 unspecified atom stereocenters. The summed E-state index contributed by atoms with van der Waals surface area (Å²) in [7, 11) is 1.67. The number of methoxy groups -OCH3 is 1. The number of carbonyl (C=O) groups excluding carboxylic acids is 1. The molecule has 0 radical (unpaired) electrons. The fourth-order valence-corrected chi connectivity index (χ4v) is 3.16. The average molecular weight is 342 g/mol. The summed E-state index contributed by atoms with van der Waals surface area (Å²) >= 11 is 0. The quantitative estimate of drug-likeness (QED) is 0.780. The molecule has 0 saturated carbocycles. The van der Waals surface area contributed by atoms with Gasteiger partial charge in [-0.2, -0.15) is 0 Å².